The summed E-state index contributed by atoms with van der Waals surface area (Å²) in [6.07, 6.45) is 2.73. The summed E-state index contributed by atoms with van der Waals surface area (Å²) in [5.74, 6) is 1.45. The van der Waals surface area contributed by atoms with Crippen LogP contribution in [0.4, 0.5) is 0 Å². The fourth-order valence-corrected chi connectivity index (χ4v) is 3.70. The molecule has 32 heavy (non-hydrogen) atoms. The normalized spacial score (nSPS) is 10.8. The number of aromatic amines is 1. The van der Waals surface area contributed by atoms with Crippen molar-refractivity contribution in [1.29, 1.82) is 0 Å². The molecule has 0 unspecified atom stereocenters. The van der Waals surface area contributed by atoms with Crippen LogP contribution >= 0.6 is 0 Å². The van der Waals surface area contributed by atoms with E-state index in [2.05, 4.69) is 16.4 Å². The molecular formula is C27H28N2O3. The number of aromatic nitrogens is 1. The van der Waals surface area contributed by atoms with Crippen molar-refractivity contribution >= 4 is 16.8 Å². The third-order valence-electron chi connectivity index (χ3n) is 5.39. The van der Waals surface area contributed by atoms with E-state index in [1.165, 1.54) is 5.56 Å². The highest BCUT2D eigenvalue weighted by atomic mass is 16.5. The number of aryl methyl sites for hydroxylation is 2. The number of nitrogens with one attached hydrogen (secondary N) is 2. The Balaban J connectivity index is 1.26. The molecule has 0 fully saturated rings. The summed E-state index contributed by atoms with van der Waals surface area (Å²) in [6, 6.07) is 22.1. The Bertz CT molecular complexity index is 1200. The second kappa shape index (κ2) is 10.1. The van der Waals surface area contributed by atoms with Crippen LogP contribution in [0, 0.1) is 13.8 Å². The maximum atomic E-state index is 12.2. The summed E-state index contributed by atoms with van der Waals surface area (Å²) in [5, 5.41) is 4.07. The molecule has 5 nitrogen and oxygen atoms in total. The first-order valence-corrected chi connectivity index (χ1v) is 10.8. The van der Waals surface area contributed by atoms with Crippen LogP contribution in [0.25, 0.3) is 10.9 Å². The summed E-state index contributed by atoms with van der Waals surface area (Å²) >= 11 is 0. The quantitative estimate of drug-likeness (QED) is 0.390. The molecule has 2 N–H and O–H groups in total. The minimum absolute atomic E-state index is 0.0138. The molecule has 4 rings (SSSR count). The molecule has 0 bridgehead atoms. The van der Waals surface area contributed by atoms with Crippen LogP contribution in [0.15, 0.2) is 72.9 Å². The Hall–Kier alpha value is -3.73. The molecule has 4 aromatic rings. The van der Waals surface area contributed by atoms with E-state index in [0.29, 0.717) is 13.2 Å². The minimum Gasteiger partial charge on any atom is -0.489 e. The molecule has 0 radical (unpaired) electrons. The smallest absolute Gasteiger partial charge is 0.257 e. The molecule has 1 heterocycles. The molecule has 1 aromatic heterocycles. The van der Waals surface area contributed by atoms with Crippen LogP contribution in [0.2, 0.25) is 0 Å². The molecule has 3 aromatic carbocycles. The topological polar surface area (TPSA) is 63.3 Å². The molecule has 0 aliphatic rings. The van der Waals surface area contributed by atoms with Crippen molar-refractivity contribution in [3.05, 3.63) is 95.2 Å². The van der Waals surface area contributed by atoms with Gasteiger partial charge < -0.3 is 19.8 Å². The van der Waals surface area contributed by atoms with Gasteiger partial charge in [-0.25, -0.2) is 0 Å². The number of fused-ring (bicyclic) bond motifs is 1. The van der Waals surface area contributed by atoms with Gasteiger partial charge in [0, 0.05) is 29.7 Å². The van der Waals surface area contributed by atoms with Gasteiger partial charge in [0.15, 0.2) is 6.61 Å². The number of hydrogen-bond acceptors (Lipinski definition) is 3. The number of carbonyl (C=O) groups excluding carboxylic acids is 1. The standard InChI is InChI=1S/C27H28N2O3/c1-19-8-11-26(20(2)14-19)32-18-27(30)28-13-12-22-16-29-25-15-23(9-10-24(22)25)31-17-21-6-4-3-5-7-21/h3-11,14-16,29H,12-13,17-18H2,1-2H3,(H,28,30). The van der Waals surface area contributed by atoms with Gasteiger partial charge in [0.1, 0.15) is 18.1 Å². The van der Waals surface area contributed by atoms with E-state index in [9.17, 15) is 4.79 Å². The lowest BCUT2D eigenvalue weighted by molar-refractivity contribution is -0.123. The highest BCUT2D eigenvalue weighted by Gasteiger charge is 2.08. The van der Waals surface area contributed by atoms with Crippen LogP contribution in [0.5, 0.6) is 11.5 Å². The molecule has 0 spiro atoms. The Kier molecular flexibility index (Phi) is 6.75. The lowest BCUT2D eigenvalue weighted by Gasteiger charge is -2.10. The zero-order valence-electron chi connectivity index (χ0n) is 18.5. The lowest BCUT2D eigenvalue weighted by Crippen LogP contribution is -2.30. The van der Waals surface area contributed by atoms with Crippen LogP contribution in [-0.4, -0.2) is 24.0 Å². The van der Waals surface area contributed by atoms with Crippen molar-refractivity contribution in [2.45, 2.75) is 26.9 Å². The van der Waals surface area contributed by atoms with Gasteiger partial charge in [0.25, 0.3) is 5.91 Å². The maximum absolute atomic E-state index is 12.2. The molecule has 5 heteroatoms. The average molecular weight is 429 g/mol. The summed E-state index contributed by atoms with van der Waals surface area (Å²) in [6.45, 7) is 5.12. The molecule has 0 saturated carbocycles. The van der Waals surface area contributed by atoms with Crippen LogP contribution in [0.3, 0.4) is 0 Å². The number of hydrogen-bond donors (Lipinski definition) is 2. The third-order valence-corrected chi connectivity index (χ3v) is 5.39. The predicted molar refractivity (Wildman–Crippen MR) is 127 cm³/mol. The third kappa shape index (κ3) is 5.49. The number of benzene rings is 3. The van der Waals surface area contributed by atoms with Crippen LogP contribution in [0.1, 0.15) is 22.3 Å². The van der Waals surface area contributed by atoms with Crippen molar-refractivity contribution in [2.75, 3.05) is 13.2 Å². The molecule has 0 aliphatic carbocycles. The highest BCUT2D eigenvalue weighted by Crippen LogP contribution is 2.24. The van der Waals surface area contributed by atoms with Gasteiger partial charge in [-0.2, -0.15) is 0 Å². The number of rotatable bonds is 9. The summed E-state index contributed by atoms with van der Waals surface area (Å²) < 4.78 is 11.6. The summed E-state index contributed by atoms with van der Waals surface area (Å²) in [4.78, 5) is 15.5. The SMILES string of the molecule is Cc1ccc(OCC(=O)NCCc2c[nH]c3cc(OCc4ccccc4)ccc23)c(C)c1. The molecule has 0 aliphatic heterocycles. The van der Waals surface area contributed by atoms with E-state index < -0.39 is 0 Å². The monoisotopic (exact) mass is 428 g/mol. The van der Waals surface area contributed by atoms with Gasteiger partial charge in [0.05, 0.1) is 0 Å². The van der Waals surface area contributed by atoms with Crippen LogP contribution < -0.4 is 14.8 Å². The van der Waals surface area contributed by atoms with E-state index >= 15 is 0 Å². The largest absolute Gasteiger partial charge is 0.489 e. The molecule has 0 atom stereocenters. The highest BCUT2D eigenvalue weighted by molar-refractivity contribution is 5.84. The number of amides is 1. The Morgan fingerprint density at radius 1 is 0.969 bits per heavy atom. The van der Waals surface area contributed by atoms with Crippen molar-refractivity contribution < 1.29 is 14.3 Å². The van der Waals surface area contributed by atoms with E-state index in [4.69, 9.17) is 9.47 Å². The van der Waals surface area contributed by atoms with Gasteiger partial charge in [-0.1, -0.05) is 48.0 Å². The summed E-state index contributed by atoms with van der Waals surface area (Å²) in [5.41, 5.74) is 5.52. The number of H-pyrrole nitrogens is 1. The first-order chi connectivity index (χ1) is 15.6. The second-order valence-electron chi connectivity index (χ2n) is 7.95. The van der Waals surface area contributed by atoms with Crippen molar-refractivity contribution in [1.82, 2.24) is 10.3 Å². The van der Waals surface area contributed by atoms with Gasteiger partial charge >= 0.3 is 0 Å². The lowest BCUT2D eigenvalue weighted by atomic mass is 10.1. The fourth-order valence-electron chi connectivity index (χ4n) is 3.70. The predicted octanol–water partition coefficient (Wildman–Crippen LogP) is 5.10. The van der Waals surface area contributed by atoms with Crippen molar-refractivity contribution in [3.8, 4) is 11.5 Å². The van der Waals surface area contributed by atoms with Gasteiger partial charge in [-0.05, 0) is 55.2 Å². The summed E-state index contributed by atoms with van der Waals surface area (Å²) in [7, 11) is 0. The van der Waals surface area contributed by atoms with Gasteiger partial charge in [0.2, 0.25) is 0 Å². The molecule has 164 valence electrons. The van der Waals surface area contributed by atoms with Crippen molar-refractivity contribution in [2.24, 2.45) is 0 Å². The van der Waals surface area contributed by atoms with Gasteiger partial charge in [-0.15, -0.1) is 0 Å². The zero-order valence-corrected chi connectivity index (χ0v) is 18.5. The average Bonchev–Trinajstić information content (AvgIpc) is 3.20. The van der Waals surface area contributed by atoms with Gasteiger partial charge in [-0.3, -0.25) is 4.79 Å². The van der Waals surface area contributed by atoms with E-state index in [0.717, 1.165) is 45.5 Å². The van der Waals surface area contributed by atoms with E-state index in [-0.39, 0.29) is 12.5 Å². The number of ether oxygens (including phenoxy) is 2. The molecular weight excluding hydrogens is 400 g/mol. The van der Waals surface area contributed by atoms with E-state index in [1.54, 1.807) is 0 Å². The van der Waals surface area contributed by atoms with E-state index in [1.807, 2.05) is 80.7 Å². The maximum Gasteiger partial charge on any atom is 0.257 e. The first kappa shape index (κ1) is 21.5. The van der Waals surface area contributed by atoms with Crippen LogP contribution in [-0.2, 0) is 17.8 Å². The zero-order chi connectivity index (χ0) is 22.3. The second-order valence-corrected chi connectivity index (χ2v) is 7.95. The molecule has 0 saturated heterocycles. The first-order valence-electron chi connectivity index (χ1n) is 10.8. The van der Waals surface area contributed by atoms with Crippen molar-refractivity contribution in [3.63, 3.8) is 0 Å². The molecule has 1 amide bonds. The minimum atomic E-state index is -0.124. The Morgan fingerprint density at radius 3 is 2.62 bits per heavy atom. The Labute approximate surface area is 188 Å². The Morgan fingerprint density at radius 2 is 1.81 bits per heavy atom. The number of carbonyl (C=O) groups is 1. The fraction of sp³-hybridized carbons (Fsp3) is 0.222.